The smallest absolute Gasteiger partial charge is 0.195 e. The van der Waals surface area contributed by atoms with Gasteiger partial charge in [0.05, 0.1) is 5.69 Å². The molecular weight excluding hydrogens is 256 g/mol. The lowest BCUT2D eigenvalue weighted by Crippen LogP contribution is -2.41. The quantitative estimate of drug-likeness (QED) is 0.938. The summed E-state index contributed by atoms with van der Waals surface area (Å²) in [6.07, 6.45) is 5.59. The summed E-state index contributed by atoms with van der Waals surface area (Å²) in [5, 5.41) is 2.09. The Morgan fingerprint density at radius 2 is 2.26 bits per heavy atom. The summed E-state index contributed by atoms with van der Waals surface area (Å²) in [6.45, 7) is 6.43. The summed E-state index contributed by atoms with van der Waals surface area (Å²) in [4.78, 5) is 8.42. The largest absolute Gasteiger partial charge is 0.352 e. The highest BCUT2D eigenvalue weighted by molar-refractivity contribution is 7.15. The first-order chi connectivity index (χ1) is 9.20. The van der Waals surface area contributed by atoms with E-state index in [0.29, 0.717) is 12.6 Å². The Hall–Kier alpha value is -1.07. The molecule has 0 aromatic carbocycles. The number of imidazole rings is 1. The van der Waals surface area contributed by atoms with Gasteiger partial charge in [-0.3, -0.25) is 4.40 Å². The van der Waals surface area contributed by atoms with Gasteiger partial charge in [0.2, 0.25) is 0 Å². The van der Waals surface area contributed by atoms with Gasteiger partial charge in [-0.1, -0.05) is 6.92 Å². The summed E-state index contributed by atoms with van der Waals surface area (Å²) in [5.41, 5.74) is 7.06. The van der Waals surface area contributed by atoms with Crippen LogP contribution in [0.5, 0.6) is 0 Å². The van der Waals surface area contributed by atoms with Crippen molar-refractivity contribution in [2.75, 3.05) is 18.0 Å². The normalized spacial score (nSPS) is 24.3. The highest BCUT2D eigenvalue weighted by Crippen LogP contribution is 2.31. The van der Waals surface area contributed by atoms with Crippen molar-refractivity contribution >= 4 is 22.1 Å². The lowest BCUT2D eigenvalue weighted by molar-refractivity contribution is 0.388. The number of aromatic nitrogens is 2. The third-order valence-corrected chi connectivity index (χ3v) is 4.87. The van der Waals surface area contributed by atoms with E-state index in [1.807, 2.05) is 0 Å². The molecular formula is C14H22N4S. The van der Waals surface area contributed by atoms with Crippen molar-refractivity contribution in [3.05, 3.63) is 17.3 Å². The van der Waals surface area contributed by atoms with Crippen LogP contribution in [0.15, 0.2) is 11.6 Å². The summed E-state index contributed by atoms with van der Waals surface area (Å²) in [6, 6.07) is 0.581. The highest BCUT2D eigenvalue weighted by Gasteiger charge is 2.27. The van der Waals surface area contributed by atoms with Gasteiger partial charge < -0.3 is 10.6 Å². The van der Waals surface area contributed by atoms with Crippen molar-refractivity contribution in [1.29, 1.82) is 0 Å². The molecule has 2 aromatic heterocycles. The second-order valence-electron chi connectivity index (χ2n) is 5.66. The molecule has 2 atom stereocenters. The zero-order valence-electron chi connectivity index (χ0n) is 11.7. The molecule has 0 aliphatic carbocycles. The van der Waals surface area contributed by atoms with Crippen LogP contribution in [-0.4, -0.2) is 28.5 Å². The van der Waals surface area contributed by atoms with Gasteiger partial charge in [-0.05, 0) is 32.2 Å². The number of rotatable bonds is 3. The Morgan fingerprint density at radius 1 is 1.42 bits per heavy atom. The third kappa shape index (κ3) is 2.25. The van der Waals surface area contributed by atoms with E-state index in [9.17, 15) is 0 Å². The van der Waals surface area contributed by atoms with Gasteiger partial charge in [0, 0.05) is 30.6 Å². The second-order valence-corrected chi connectivity index (χ2v) is 6.53. The fourth-order valence-electron chi connectivity index (χ4n) is 3.00. The number of anilines is 1. The van der Waals surface area contributed by atoms with Crippen LogP contribution >= 0.6 is 11.3 Å². The maximum absolute atomic E-state index is 5.78. The third-order valence-electron chi connectivity index (χ3n) is 4.11. The van der Waals surface area contributed by atoms with Crippen LogP contribution < -0.4 is 10.6 Å². The second kappa shape index (κ2) is 5.13. The minimum absolute atomic E-state index is 0.581. The minimum Gasteiger partial charge on any atom is -0.352 e. The fourth-order valence-corrected chi connectivity index (χ4v) is 3.73. The Morgan fingerprint density at radius 3 is 3.05 bits per heavy atom. The molecule has 1 fully saturated rings. The first-order valence-corrected chi connectivity index (χ1v) is 7.99. The van der Waals surface area contributed by atoms with E-state index in [2.05, 4.69) is 34.7 Å². The van der Waals surface area contributed by atoms with Gasteiger partial charge >= 0.3 is 0 Å². The van der Waals surface area contributed by atoms with Crippen molar-refractivity contribution in [3.63, 3.8) is 0 Å². The van der Waals surface area contributed by atoms with Crippen molar-refractivity contribution in [2.45, 2.75) is 39.2 Å². The molecule has 1 aliphatic heterocycles. The van der Waals surface area contributed by atoms with Gasteiger partial charge in [-0.2, -0.15) is 0 Å². The minimum atomic E-state index is 0.581. The molecule has 1 aliphatic rings. The highest BCUT2D eigenvalue weighted by atomic mass is 32.1. The zero-order chi connectivity index (χ0) is 13.4. The number of nitrogens with zero attached hydrogens (tertiary/aromatic N) is 3. The van der Waals surface area contributed by atoms with Crippen molar-refractivity contribution < 1.29 is 0 Å². The van der Waals surface area contributed by atoms with E-state index < -0.39 is 0 Å². The molecule has 2 aromatic rings. The van der Waals surface area contributed by atoms with E-state index >= 15 is 0 Å². The molecule has 2 N–H and O–H groups in total. The average Bonchev–Trinajstić information content (AvgIpc) is 2.95. The molecule has 0 saturated carbocycles. The maximum Gasteiger partial charge on any atom is 0.195 e. The van der Waals surface area contributed by atoms with Crippen molar-refractivity contribution in [1.82, 2.24) is 9.38 Å². The van der Waals surface area contributed by atoms with Gasteiger partial charge in [-0.15, -0.1) is 11.3 Å². The van der Waals surface area contributed by atoms with E-state index in [-0.39, 0.29) is 0 Å². The summed E-state index contributed by atoms with van der Waals surface area (Å²) >= 11 is 1.70. The van der Waals surface area contributed by atoms with Gasteiger partial charge in [0.25, 0.3) is 0 Å². The first-order valence-electron chi connectivity index (χ1n) is 7.12. The van der Waals surface area contributed by atoms with Crippen LogP contribution in [0.3, 0.4) is 0 Å². The van der Waals surface area contributed by atoms with E-state index in [1.54, 1.807) is 11.3 Å². The molecule has 0 amide bonds. The number of nitrogens with two attached hydrogens (primary N) is 1. The molecule has 5 heteroatoms. The molecule has 2 unspecified atom stereocenters. The van der Waals surface area contributed by atoms with Crippen molar-refractivity contribution in [3.8, 4) is 0 Å². The van der Waals surface area contributed by atoms with Crippen molar-refractivity contribution in [2.24, 2.45) is 11.7 Å². The first kappa shape index (κ1) is 12.9. The molecule has 19 heavy (non-hydrogen) atoms. The van der Waals surface area contributed by atoms with Crippen LogP contribution in [0.1, 0.15) is 32.4 Å². The maximum atomic E-state index is 5.78. The van der Waals surface area contributed by atoms with Gasteiger partial charge in [0.1, 0.15) is 0 Å². The molecule has 0 spiro atoms. The molecule has 104 valence electrons. The summed E-state index contributed by atoms with van der Waals surface area (Å²) < 4.78 is 2.21. The van der Waals surface area contributed by atoms with Crippen LogP contribution in [0.25, 0.3) is 4.96 Å². The molecule has 1 saturated heterocycles. The number of fused-ring (bicyclic) bond motifs is 1. The Bertz CT molecular complexity index is 559. The van der Waals surface area contributed by atoms with Gasteiger partial charge in [-0.25, -0.2) is 4.98 Å². The molecule has 0 radical (unpaired) electrons. The molecule has 4 nitrogen and oxygen atoms in total. The Kier molecular flexibility index (Phi) is 3.50. The fraction of sp³-hybridized carbons (Fsp3) is 0.643. The number of thiazole rings is 1. The van der Waals surface area contributed by atoms with Crippen LogP contribution in [0, 0.1) is 5.92 Å². The molecule has 3 rings (SSSR count). The molecule has 0 bridgehead atoms. The van der Waals surface area contributed by atoms with Crippen LogP contribution in [0.2, 0.25) is 0 Å². The molecule has 3 heterocycles. The van der Waals surface area contributed by atoms with Crippen LogP contribution in [0.4, 0.5) is 5.82 Å². The standard InChI is InChI=1S/C14H22N4S/c1-10-3-4-11(2)18(9-10)13-12(5-6-15)17-7-8-19-14(17)16-13/h7-8,10-11H,3-6,9,15H2,1-2H3. The summed E-state index contributed by atoms with van der Waals surface area (Å²) in [5.74, 6) is 1.91. The van der Waals surface area contributed by atoms with Crippen LogP contribution in [-0.2, 0) is 6.42 Å². The zero-order valence-corrected chi connectivity index (χ0v) is 12.5. The predicted octanol–water partition coefficient (Wildman–Crippen LogP) is 2.52. The number of piperidine rings is 1. The lowest BCUT2D eigenvalue weighted by Gasteiger charge is -2.37. The van der Waals surface area contributed by atoms with E-state index in [0.717, 1.165) is 29.7 Å². The Balaban J connectivity index is 2.02. The topological polar surface area (TPSA) is 46.6 Å². The SMILES string of the molecule is CC1CCC(C)N(c2nc3sccn3c2CCN)C1. The number of hydrogen-bond donors (Lipinski definition) is 1. The lowest BCUT2D eigenvalue weighted by atomic mass is 9.95. The predicted molar refractivity (Wildman–Crippen MR) is 81.0 cm³/mol. The monoisotopic (exact) mass is 278 g/mol. The van der Waals surface area contributed by atoms with E-state index in [4.69, 9.17) is 10.7 Å². The van der Waals surface area contributed by atoms with Gasteiger partial charge in [0.15, 0.2) is 10.8 Å². The number of hydrogen-bond acceptors (Lipinski definition) is 4. The Labute approximate surface area is 118 Å². The van der Waals surface area contributed by atoms with E-state index in [1.165, 1.54) is 18.5 Å². The summed E-state index contributed by atoms with van der Waals surface area (Å²) in [7, 11) is 0. The average molecular weight is 278 g/mol.